The fourth-order valence-electron chi connectivity index (χ4n) is 1.97. The highest BCUT2D eigenvalue weighted by Crippen LogP contribution is 2.26. The molecule has 5 nitrogen and oxygen atoms in total. The number of halogens is 1. The molecule has 0 saturated carbocycles. The predicted octanol–water partition coefficient (Wildman–Crippen LogP) is 3.86. The van der Waals surface area contributed by atoms with E-state index in [9.17, 15) is 14.4 Å². The topological polar surface area (TPSA) is 75.3 Å². The van der Waals surface area contributed by atoms with Gasteiger partial charge in [-0.15, -0.1) is 0 Å². The third kappa shape index (κ3) is 4.50. The zero-order chi connectivity index (χ0) is 17.0. The van der Waals surface area contributed by atoms with Gasteiger partial charge in [-0.25, -0.2) is 0 Å². The number of rotatable bonds is 4. The summed E-state index contributed by atoms with van der Waals surface area (Å²) in [6.07, 6.45) is 0. The van der Waals surface area contributed by atoms with Gasteiger partial charge in [-0.2, -0.15) is 0 Å². The first kappa shape index (κ1) is 16.9. The lowest BCUT2D eigenvalue weighted by Crippen LogP contribution is -2.15. The first-order chi connectivity index (χ1) is 10.9. The second kappa shape index (κ2) is 7.19. The molecule has 2 N–H and O–H groups in total. The van der Waals surface area contributed by atoms with E-state index in [1.807, 2.05) is 0 Å². The van der Waals surface area contributed by atoms with Crippen LogP contribution < -0.4 is 10.6 Å². The smallest absolute Gasteiger partial charge is 0.255 e. The lowest BCUT2D eigenvalue weighted by Gasteiger charge is -2.12. The molecule has 0 fully saturated rings. The Bertz CT molecular complexity index is 770. The molecular formula is C17H15BrN2O3. The van der Waals surface area contributed by atoms with Gasteiger partial charge in [0.2, 0.25) is 5.91 Å². The molecule has 118 valence electrons. The molecule has 23 heavy (non-hydrogen) atoms. The van der Waals surface area contributed by atoms with E-state index < -0.39 is 0 Å². The number of anilines is 2. The van der Waals surface area contributed by atoms with Gasteiger partial charge in [0, 0.05) is 22.5 Å². The van der Waals surface area contributed by atoms with Crippen molar-refractivity contribution in [2.45, 2.75) is 13.8 Å². The Morgan fingerprint density at radius 1 is 0.826 bits per heavy atom. The van der Waals surface area contributed by atoms with Crippen molar-refractivity contribution in [1.29, 1.82) is 0 Å². The number of amides is 2. The molecule has 2 rings (SSSR count). The zero-order valence-electron chi connectivity index (χ0n) is 12.6. The minimum atomic E-state index is -0.329. The van der Waals surface area contributed by atoms with E-state index in [1.54, 1.807) is 42.5 Å². The Balaban J connectivity index is 2.24. The van der Waals surface area contributed by atoms with Crippen molar-refractivity contribution in [3.8, 4) is 0 Å². The summed E-state index contributed by atoms with van der Waals surface area (Å²) < 4.78 is 0.772. The van der Waals surface area contributed by atoms with Crippen LogP contribution in [0.3, 0.4) is 0 Å². The quantitative estimate of drug-likeness (QED) is 0.797. The molecule has 0 unspecified atom stereocenters. The molecule has 0 aliphatic rings. The number of Topliss-reactive ketones (excluding diaryl/α,β-unsaturated/α-hetero) is 1. The van der Waals surface area contributed by atoms with Gasteiger partial charge in [0.1, 0.15) is 0 Å². The summed E-state index contributed by atoms with van der Waals surface area (Å²) in [5, 5.41) is 5.42. The predicted molar refractivity (Wildman–Crippen MR) is 92.8 cm³/mol. The molecule has 0 radical (unpaired) electrons. The van der Waals surface area contributed by atoms with Gasteiger partial charge in [0.05, 0.1) is 11.4 Å². The number of hydrogen-bond acceptors (Lipinski definition) is 3. The van der Waals surface area contributed by atoms with E-state index in [1.165, 1.54) is 13.8 Å². The van der Waals surface area contributed by atoms with Gasteiger partial charge < -0.3 is 10.6 Å². The first-order valence-electron chi connectivity index (χ1n) is 6.86. The molecule has 0 heterocycles. The molecule has 0 aliphatic carbocycles. The third-order valence-electron chi connectivity index (χ3n) is 3.09. The zero-order valence-corrected chi connectivity index (χ0v) is 14.2. The first-order valence-corrected chi connectivity index (χ1v) is 7.65. The number of benzene rings is 2. The van der Waals surface area contributed by atoms with Crippen LogP contribution in [-0.2, 0) is 4.79 Å². The van der Waals surface area contributed by atoms with Crippen molar-refractivity contribution < 1.29 is 14.4 Å². The highest BCUT2D eigenvalue weighted by atomic mass is 79.9. The summed E-state index contributed by atoms with van der Waals surface area (Å²) in [4.78, 5) is 34.8. The molecule has 0 aliphatic heterocycles. The Labute approximate surface area is 142 Å². The minimum Gasteiger partial charge on any atom is -0.325 e. The van der Waals surface area contributed by atoms with Gasteiger partial charge in [-0.3, -0.25) is 14.4 Å². The van der Waals surface area contributed by atoms with Crippen LogP contribution in [0, 0.1) is 0 Å². The standard InChI is InChI=1S/C17H15BrN2O3/c1-10(21)12-3-5-13(6-4-12)17(23)20-16-9-14(18)7-8-15(16)19-11(2)22/h3-9H,1-2H3,(H,19,22)(H,20,23). The lowest BCUT2D eigenvalue weighted by atomic mass is 10.1. The van der Waals surface area contributed by atoms with Crippen molar-refractivity contribution in [2.24, 2.45) is 0 Å². The van der Waals surface area contributed by atoms with Gasteiger partial charge in [-0.05, 0) is 37.3 Å². The highest BCUT2D eigenvalue weighted by molar-refractivity contribution is 9.10. The van der Waals surface area contributed by atoms with Crippen LogP contribution in [0.1, 0.15) is 34.6 Å². The van der Waals surface area contributed by atoms with Crippen molar-refractivity contribution in [3.63, 3.8) is 0 Å². The van der Waals surface area contributed by atoms with Crippen LogP contribution in [0.5, 0.6) is 0 Å². The van der Waals surface area contributed by atoms with Crippen molar-refractivity contribution in [3.05, 3.63) is 58.1 Å². The van der Waals surface area contributed by atoms with Gasteiger partial charge in [-0.1, -0.05) is 28.1 Å². The van der Waals surface area contributed by atoms with Crippen molar-refractivity contribution in [1.82, 2.24) is 0 Å². The molecule has 2 amide bonds. The van der Waals surface area contributed by atoms with Crippen LogP contribution in [0.4, 0.5) is 11.4 Å². The molecule has 2 aromatic rings. The number of ketones is 1. The second-order valence-corrected chi connectivity index (χ2v) is 5.87. The molecule has 2 aromatic carbocycles. The Morgan fingerprint density at radius 2 is 1.43 bits per heavy atom. The molecule has 6 heteroatoms. The maximum absolute atomic E-state index is 12.3. The average Bonchev–Trinajstić information content (AvgIpc) is 2.49. The van der Waals surface area contributed by atoms with E-state index in [0.29, 0.717) is 22.5 Å². The van der Waals surface area contributed by atoms with E-state index in [0.717, 1.165) is 4.47 Å². The summed E-state index contributed by atoms with van der Waals surface area (Å²) in [6.45, 7) is 2.87. The van der Waals surface area contributed by atoms with E-state index in [4.69, 9.17) is 0 Å². The Morgan fingerprint density at radius 3 is 2.00 bits per heavy atom. The SMILES string of the molecule is CC(=O)Nc1ccc(Br)cc1NC(=O)c1ccc(C(C)=O)cc1. The van der Waals surface area contributed by atoms with Crippen LogP contribution >= 0.6 is 15.9 Å². The van der Waals surface area contributed by atoms with Crippen molar-refractivity contribution >= 4 is 44.9 Å². The maximum atomic E-state index is 12.3. The van der Waals surface area contributed by atoms with Gasteiger partial charge in [0.15, 0.2) is 5.78 Å². The molecule has 0 saturated heterocycles. The number of carbonyl (C=O) groups is 3. The minimum absolute atomic E-state index is 0.0584. The summed E-state index contributed by atoms with van der Waals surface area (Å²) >= 11 is 3.33. The largest absolute Gasteiger partial charge is 0.325 e. The van der Waals surface area contributed by atoms with Crippen LogP contribution in [-0.4, -0.2) is 17.6 Å². The van der Waals surface area contributed by atoms with E-state index in [2.05, 4.69) is 26.6 Å². The summed E-state index contributed by atoms with van der Waals surface area (Å²) in [7, 11) is 0. The van der Waals surface area contributed by atoms with Crippen LogP contribution in [0.2, 0.25) is 0 Å². The summed E-state index contributed by atoms with van der Waals surface area (Å²) in [5.74, 6) is -0.615. The lowest BCUT2D eigenvalue weighted by molar-refractivity contribution is -0.114. The van der Waals surface area contributed by atoms with Gasteiger partial charge in [0.25, 0.3) is 5.91 Å². The highest BCUT2D eigenvalue weighted by Gasteiger charge is 2.11. The van der Waals surface area contributed by atoms with Crippen molar-refractivity contribution in [2.75, 3.05) is 10.6 Å². The molecule has 0 bridgehead atoms. The average molecular weight is 375 g/mol. The van der Waals surface area contributed by atoms with E-state index >= 15 is 0 Å². The second-order valence-electron chi connectivity index (χ2n) is 4.96. The monoisotopic (exact) mass is 374 g/mol. The summed E-state index contributed by atoms with van der Waals surface area (Å²) in [5.41, 5.74) is 1.95. The fraction of sp³-hybridized carbons (Fsp3) is 0.118. The number of nitrogens with one attached hydrogen (secondary N) is 2. The van der Waals surface area contributed by atoms with Crippen LogP contribution in [0.15, 0.2) is 46.9 Å². The third-order valence-corrected chi connectivity index (χ3v) is 3.59. The number of hydrogen-bond donors (Lipinski definition) is 2. The molecule has 0 spiro atoms. The molecular weight excluding hydrogens is 360 g/mol. The molecule has 0 aromatic heterocycles. The number of carbonyl (C=O) groups excluding carboxylic acids is 3. The van der Waals surface area contributed by atoms with Gasteiger partial charge >= 0.3 is 0 Å². The Kier molecular flexibility index (Phi) is 5.28. The fourth-order valence-corrected chi connectivity index (χ4v) is 2.33. The maximum Gasteiger partial charge on any atom is 0.255 e. The summed E-state index contributed by atoms with van der Waals surface area (Å²) in [6, 6.07) is 11.5. The van der Waals surface area contributed by atoms with E-state index in [-0.39, 0.29) is 17.6 Å². The normalized spacial score (nSPS) is 10.0. The Hall–Kier alpha value is -2.47. The molecule has 0 atom stereocenters. The van der Waals surface area contributed by atoms with Crippen LogP contribution in [0.25, 0.3) is 0 Å².